The molecule has 0 amide bonds. The van der Waals surface area contributed by atoms with Crippen molar-refractivity contribution >= 4 is 5.97 Å². The Morgan fingerprint density at radius 3 is 2.45 bits per heavy atom. The van der Waals surface area contributed by atoms with E-state index in [4.69, 9.17) is 4.74 Å². The van der Waals surface area contributed by atoms with Crippen molar-refractivity contribution in [3.8, 4) is 0 Å². The summed E-state index contributed by atoms with van der Waals surface area (Å²) in [5.74, 6) is -0.210. The molecule has 0 N–H and O–H groups in total. The number of carbonyl (C=O) groups excluding carboxylic acids is 1. The largest absolute Gasteiger partial charge is 0.460 e. The molecule has 0 bridgehead atoms. The fraction of sp³-hybridized carbons (Fsp3) is 0.625. The van der Waals surface area contributed by atoms with E-state index in [1.165, 1.54) is 0 Å². The number of rotatable bonds is 4. The third kappa shape index (κ3) is 7.06. The normalized spacial score (nSPS) is 9.82. The average Bonchev–Trinajstić information content (AvgIpc) is 1.82. The van der Waals surface area contributed by atoms with E-state index in [0.29, 0.717) is 13.2 Å². The maximum atomic E-state index is 10.9. The van der Waals surface area contributed by atoms with Crippen LogP contribution in [0.15, 0.2) is 12.2 Å². The summed E-state index contributed by atoms with van der Waals surface area (Å²) in [5.41, 5.74) is 0.858. The molecule has 3 heteroatoms. The number of likely N-dealkylation sites (N-methyl/N-ethyl adjacent to an activating group) is 1. The highest BCUT2D eigenvalue weighted by molar-refractivity contribution is 5.71. The van der Waals surface area contributed by atoms with Crippen LogP contribution >= 0.6 is 0 Å². The number of nitrogens with zero attached hydrogens (tertiary/aromatic N) is 1. The number of esters is 1. The van der Waals surface area contributed by atoms with Gasteiger partial charge < -0.3 is 4.74 Å². The highest BCUT2D eigenvalue weighted by Crippen LogP contribution is 1.89. The maximum Gasteiger partial charge on any atom is 0.320 e. The van der Waals surface area contributed by atoms with Crippen LogP contribution in [0, 0.1) is 0 Å². The SMILES string of the molecule is C=C(C)COC(=O)CN(C)C. The second-order valence-electron chi connectivity index (χ2n) is 2.86. The van der Waals surface area contributed by atoms with E-state index < -0.39 is 0 Å². The molecule has 0 spiro atoms. The molecule has 0 radical (unpaired) electrons. The minimum Gasteiger partial charge on any atom is -0.460 e. The van der Waals surface area contributed by atoms with E-state index in [-0.39, 0.29) is 5.97 Å². The average molecular weight is 157 g/mol. The first-order chi connectivity index (χ1) is 5.02. The molecule has 0 aromatic heterocycles. The van der Waals surface area contributed by atoms with Gasteiger partial charge in [-0.05, 0) is 26.6 Å². The Hall–Kier alpha value is -0.830. The van der Waals surface area contributed by atoms with Crippen molar-refractivity contribution in [3.05, 3.63) is 12.2 Å². The Morgan fingerprint density at radius 2 is 2.09 bits per heavy atom. The highest BCUT2D eigenvalue weighted by atomic mass is 16.5. The second-order valence-corrected chi connectivity index (χ2v) is 2.86. The fourth-order valence-electron chi connectivity index (χ4n) is 0.508. The van der Waals surface area contributed by atoms with Crippen molar-refractivity contribution < 1.29 is 9.53 Å². The zero-order chi connectivity index (χ0) is 8.85. The molecule has 0 unspecified atom stereocenters. The molecule has 0 saturated heterocycles. The first-order valence-corrected chi connectivity index (χ1v) is 3.47. The second kappa shape index (κ2) is 4.91. The van der Waals surface area contributed by atoms with Gasteiger partial charge in [0.05, 0.1) is 6.54 Å². The van der Waals surface area contributed by atoms with Gasteiger partial charge in [0.15, 0.2) is 0 Å². The summed E-state index contributed by atoms with van der Waals surface area (Å²) in [7, 11) is 3.64. The monoisotopic (exact) mass is 157 g/mol. The van der Waals surface area contributed by atoms with Crippen molar-refractivity contribution in [1.82, 2.24) is 4.90 Å². The summed E-state index contributed by atoms with van der Waals surface area (Å²) < 4.78 is 4.83. The number of hydrogen-bond donors (Lipinski definition) is 0. The molecule has 3 nitrogen and oxygen atoms in total. The summed E-state index contributed by atoms with van der Waals surface area (Å²) in [6.45, 7) is 6.09. The van der Waals surface area contributed by atoms with Crippen molar-refractivity contribution in [1.29, 1.82) is 0 Å². The lowest BCUT2D eigenvalue weighted by Crippen LogP contribution is -2.23. The molecule has 0 aromatic carbocycles. The number of hydrogen-bond acceptors (Lipinski definition) is 3. The fourth-order valence-corrected chi connectivity index (χ4v) is 0.508. The molecule has 0 aliphatic heterocycles. The molecular formula is C8H15NO2. The summed E-state index contributed by atoms with van der Waals surface area (Å²) >= 11 is 0. The van der Waals surface area contributed by atoms with Crippen molar-refractivity contribution in [2.24, 2.45) is 0 Å². The molecule has 0 saturated carbocycles. The summed E-state index contributed by atoms with van der Waals surface area (Å²) in [4.78, 5) is 12.6. The van der Waals surface area contributed by atoms with Crippen LogP contribution in [0.4, 0.5) is 0 Å². The van der Waals surface area contributed by atoms with Gasteiger partial charge in [0.2, 0.25) is 0 Å². The van der Waals surface area contributed by atoms with E-state index in [9.17, 15) is 4.79 Å². The van der Waals surface area contributed by atoms with Gasteiger partial charge in [-0.25, -0.2) is 0 Å². The van der Waals surface area contributed by atoms with Crippen molar-refractivity contribution in [2.45, 2.75) is 6.92 Å². The van der Waals surface area contributed by atoms with Gasteiger partial charge in [0, 0.05) is 0 Å². The first-order valence-electron chi connectivity index (χ1n) is 3.47. The van der Waals surface area contributed by atoms with Gasteiger partial charge in [0.1, 0.15) is 6.61 Å². The molecule has 0 fully saturated rings. The molecular weight excluding hydrogens is 142 g/mol. The van der Waals surface area contributed by atoms with Crippen molar-refractivity contribution in [2.75, 3.05) is 27.2 Å². The van der Waals surface area contributed by atoms with Gasteiger partial charge in [-0.1, -0.05) is 6.58 Å². The highest BCUT2D eigenvalue weighted by Gasteiger charge is 2.02. The van der Waals surface area contributed by atoms with Crippen LogP contribution in [0.3, 0.4) is 0 Å². The first kappa shape index (κ1) is 10.2. The van der Waals surface area contributed by atoms with Crippen LogP contribution < -0.4 is 0 Å². The quantitative estimate of drug-likeness (QED) is 0.443. The standard InChI is InChI=1S/C8H15NO2/c1-7(2)6-11-8(10)5-9(3)4/h1,5-6H2,2-4H3. The number of ether oxygens (including phenoxy) is 1. The zero-order valence-electron chi connectivity index (χ0n) is 7.39. The minimum absolute atomic E-state index is 0.210. The molecule has 64 valence electrons. The van der Waals surface area contributed by atoms with Crippen LogP contribution in [-0.4, -0.2) is 38.1 Å². The zero-order valence-corrected chi connectivity index (χ0v) is 7.39. The number of carbonyl (C=O) groups is 1. The van der Waals surface area contributed by atoms with Gasteiger partial charge in [0.25, 0.3) is 0 Å². The van der Waals surface area contributed by atoms with Crippen LogP contribution in [0.2, 0.25) is 0 Å². The lowest BCUT2D eigenvalue weighted by atomic mass is 10.4. The third-order valence-corrected chi connectivity index (χ3v) is 0.925. The maximum absolute atomic E-state index is 10.9. The van der Waals surface area contributed by atoms with E-state index in [1.54, 1.807) is 4.90 Å². The predicted octanol–water partition coefficient (Wildman–Crippen LogP) is 0.667. The molecule has 0 aliphatic carbocycles. The Bertz CT molecular complexity index is 152. The lowest BCUT2D eigenvalue weighted by Gasteiger charge is -2.08. The van der Waals surface area contributed by atoms with Gasteiger partial charge >= 0.3 is 5.97 Å². The van der Waals surface area contributed by atoms with E-state index in [0.717, 1.165) is 5.57 Å². The molecule has 0 aromatic rings. The molecule has 0 aliphatic rings. The Morgan fingerprint density at radius 1 is 1.55 bits per heavy atom. The third-order valence-electron chi connectivity index (χ3n) is 0.925. The Labute approximate surface area is 67.6 Å². The van der Waals surface area contributed by atoms with E-state index in [2.05, 4.69) is 6.58 Å². The summed E-state index contributed by atoms with van der Waals surface area (Å²) in [6.07, 6.45) is 0. The molecule has 0 heterocycles. The van der Waals surface area contributed by atoms with Crippen molar-refractivity contribution in [3.63, 3.8) is 0 Å². The summed E-state index contributed by atoms with van der Waals surface area (Å²) in [5, 5.41) is 0. The van der Waals surface area contributed by atoms with Gasteiger partial charge in [-0.3, -0.25) is 9.69 Å². The minimum atomic E-state index is -0.210. The van der Waals surface area contributed by atoms with Crippen LogP contribution in [0.5, 0.6) is 0 Å². The van der Waals surface area contributed by atoms with E-state index >= 15 is 0 Å². The van der Waals surface area contributed by atoms with Gasteiger partial charge in [-0.2, -0.15) is 0 Å². The lowest BCUT2D eigenvalue weighted by molar-refractivity contribution is -0.143. The smallest absolute Gasteiger partial charge is 0.320 e. The molecule has 0 rings (SSSR count). The van der Waals surface area contributed by atoms with E-state index in [1.807, 2.05) is 21.0 Å². The Kier molecular flexibility index (Phi) is 4.54. The molecule has 0 atom stereocenters. The van der Waals surface area contributed by atoms with Crippen LogP contribution in [0.1, 0.15) is 6.92 Å². The van der Waals surface area contributed by atoms with Gasteiger partial charge in [-0.15, -0.1) is 0 Å². The molecule has 11 heavy (non-hydrogen) atoms. The predicted molar refractivity (Wildman–Crippen MR) is 44.3 cm³/mol. The Balaban J connectivity index is 3.45. The topological polar surface area (TPSA) is 29.5 Å². The summed E-state index contributed by atoms with van der Waals surface area (Å²) in [6, 6.07) is 0. The van der Waals surface area contributed by atoms with Crippen LogP contribution in [-0.2, 0) is 9.53 Å². The van der Waals surface area contributed by atoms with Crippen LogP contribution in [0.25, 0.3) is 0 Å².